The number of sulfonamides is 1. The van der Waals surface area contributed by atoms with E-state index in [9.17, 15) is 31.2 Å². The van der Waals surface area contributed by atoms with Crippen LogP contribution < -0.4 is 14.4 Å². The molecule has 0 aromatic carbocycles. The number of rotatable bonds is 15. The molecule has 2 fully saturated rings. The van der Waals surface area contributed by atoms with Gasteiger partial charge in [-0.15, -0.1) is 5.10 Å². The Kier molecular flexibility index (Phi) is 12.4. The first kappa shape index (κ1) is 44.8. The molecule has 60 heavy (non-hydrogen) atoms. The monoisotopic (exact) mass is 881 g/mol. The summed E-state index contributed by atoms with van der Waals surface area (Å²) in [6, 6.07) is 8.51. The normalized spacial score (nSPS) is 19.2. The van der Waals surface area contributed by atoms with Crippen molar-refractivity contribution in [1.82, 2.24) is 29.4 Å². The molecule has 3 aromatic rings. The molecule has 0 spiro atoms. The van der Waals surface area contributed by atoms with Crippen LogP contribution in [0.15, 0.2) is 59.6 Å². The van der Waals surface area contributed by atoms with Gasteiger partial charge in [-0.2, -0.15) is 21.6 Å². The van der Waals surface area contributed by atoms with Crippen LogP contribution in [0.25, 0.3) is 5.82 Å². The van der Waals surface area contributed by atoms with Gasteiger partial charge in [0.05, 0.1) is 24.1 Å². The summed E-state index contributed by atoms with van der Waals surface area (Å²) in [6.07, 6.45) is 0.523. The summed E-state index contributed by atoms with van der Waals surface area (Å²) in [5.74, 6) is -0.703. The summed E-state index contributed by atoms with van der Waals surface area (Å²) in [7, 11) is -4.53. The van der Waals surface area contributed by atoms with E-state index in [2.05, 4.69) is 15.1 Å². The van der Waals surface area contributed by atoms with Gasteiger partial charge >= 0.3 is 12.3 Å². The zero-order valence-corrected chi connectivity index (χ0v) is 36.2. The molecular weight excluding hydrogens is 831 g/mol. The number of nitrogens with one attached hydrogen (secondary N) is 1. The Morgan fingerprint density at radius 3 is 2.43 bits per heavy atom. The summed E-state index contributed by atoms with van der Waals surface area (Å²) < 4.78 is 92.9. The lowest BCUT2D eigenvalue weighted by molar-refractivity contribution is -0.190. The second-order valence-electron chi connectivity index (χ2n) is 17.5. The maximum absolute atomic E-state index is 13.6. The summed E-state index contributed by atoms with van der Waals surface area (Å²) >= 11 is 6.35. The number of likely N-dealkylation sites (tertiary alicyclic amines) is 1. The van der Waals surface area contributed by atoms with E-state index < -0.39 is 43.9 Å². The number of amides is 2. The average Bonchev–Trinajstić information content (AvgIpc) is 3.49. The third kappa shape index (κ3) is 10.7. The molecule has 0 bridgehead atoms. The van der Waals surface area contributed by atoms with Crippen molar-refractivity contribution in [3.63, 3.8) is 0 Å². The molecule has 15 nitrogen and oxygen atoms in total. The predicted octanol–water partition coefficient (Wildman–Crippen LogP) is 7.79. The van der Waals surface area contributed by atoms with Crippen molar-refractivity contribution >= 4 is 39.4 Å². The van der Waals surface area contributed by atoms with E-state index in [1.165, 1.54) is 47.5 Å². The number of nitrogens with zero attached hydrogens (tertiary/aromatic N) is 6. The Hall–Kier alpha value is -4.78. The molecule has 6 rings (SSSR count). The van der Waals surface area contributed by atoms with E-state index in [1.54, 1.807) is 24.8 Å². The predicted molar refractivity (Wildman–Crippen MR) is 214 cm³/mol. The molecule has 2 aliphatic heterocycles. The Morgan fingerprint density at radius 2 is 1.80 bits per heavy atom. The standard InChI is InChI=1S/C40H51ClF3N7O8S/c1-36(2,3)59-35(53)50-23-26(22-37(50,4)5)10-9-19-49(24-27-25-57-38(6,7)58-27)29-11-8-12-32(45-29)60(54,55)48-34(52)28-13-14-30(46-33(28)41)51-20-15-31(47-51)56-21-18-39(16-17-39)40(42,43)44/h8,11-15,20,25-26H,9-10,16-19,21-24H2,1-7H3,(H,48,52)/t26-/m0/s1. The lowest BCUT2D eigenvalue weighted by Gasteiger charge is -2.33. The molecule has 1 saturated carbocycles. The molecule has 1 N–H and O–H groups in total. The smallest absolute Gasteiger partial charge is 0.410 e. The van der Waals surface area contributed by atoms with E-state index in [1.807, 2.05) is 44.2 Å². The molecule has 3 aromatic heterocycles. The fraction of sp³-hybridized carbons (Fsp3) is 0.575. The molecule has 2 amide bonds. The highest BCUT2D eigenvalue weighted by atomic mass is 35.5. The van der Waals surface area contributed by atoms with Gasteiger partial charge in [-0.3, -0.25) is 4.79 Å². The third-order valence-electron chi connectivity index (χ3n) is 10.5. The van der Waals surface area contributed by atoms with Crippen LogP contribution in [0.4, 0.5) is 23.8 Å². The highest BCUT2D eigenvalue weighted by Gasteiger charge is 2.62. The van der Waals surface area contributed by atoms with Crippen molar-refractivity contribution in [3.05, 3.63) is 65.3 Å². The van der Waals surface area contributed by atoms with Crippen molar-refractivity contribution in [2.75, 3.05) is 31.1 Å². The highest BCUT2D eigenvalue weighted by Crippen LogP contribution is 2.59. The second-order valence-corrected chi connectivity index (χ2v) is 19.5. The van der Waals surface area contributed by atoms with Crippen LogP contribution in [-0.4, -0.2) is 94.4 Å². The molecule has 328 valence electrons. The van der Waals surface area contributed by atoms with Gasteiger partial charge in [0.1, 0.15) is 22.8 Å². The lowest BCUT2D eigenvalue weighted by Crippen LogP contribution is -2.45. The molecule has 1 saturated heterocycles. The number of ether oxygens (including phenoxy) is 4. The SMILES string of the molecule is CC(C)(C)OC(=O)N1C[C@@H](CCCN(CC2=COC(C)(C)O2)c2cccc(S(=O)(=O)NC(=O)c3ccc(-n4ccc(OCCC5(C(F)(F)F)CC5)n4)nc3Cl)n2)CC1(C)C. The summed E-state index contributed by atoms with van der Waals surface area (Å²) in [5, 5.41) is 3.42. The molecule has 0 radical (unpaired) electrons. The van der Waals surface area contributed by atoms with Gasteiger partial charge in [0.25, 0.3) is 15.9 Å². The van der Waals surface area contributed by atoms with Gasteiger partial charge in [0.2, 0.25) is 11.7 Å². The van der Waals surface area contributed by atoms with E-state index in [0.29, 0.717) is 31.1 Å². The number of carbonyl (C=O) groups is 2. The first-order chi connectivity index (χ1) is 27.9. The molecule has 5 heterocycles. The highest BCUT2D eigenvalue weighted by molar-refractivity contribution is 7.90. The lowest BCUT2D eigenvalue weighted by atomic mass is 9.93. The van der Waals surface area contributed by atoms with Crippen LogP contribution in [0, 0.1) is 11.3 Å². The molecule has 3 aliphatic rings. The number of pyridine rings is 2. The summed E-state index contributed by atoms with van der Waals surface area (Å²) in [4.78, 5) is 38.5. The molecule has 1 atom stereocenters. The topological polar surface area (TPSA) is 167 Å². The van der Waals surface area contributed by atoms with Crippen molar-refractivity contribution in [2.24, 2.45) is 11.3 Å². The quantitative estimate of drug-likeness (QED) is 0.148. The maximum Gasteiger partial charge on any atom is 0.410 e. The zero-order chi connectivity index (χ0) is 43.9. The zero-order valence-electron chi connectivity index (χ0n) is 34.6. The summed E-state index contributed by atoms with van der Waals surface area (Å²) in [6.45, 7) is 14.1. The van der Waals surface area contributed by atoms with Gasteiger partial charge in [-0.1, -0.05) is 17.7 Å². The van der Waals surface area contributed by atoms with Crippen molar-refractivity contribution < 1.29 is 50.1 Å². The molecule has 20 heteroatoms. The molecular formula is C40H51ClF3N7O8S. The van der Waals surface area contributed by atoms with E-state index in [0.717, 1.165) is 12.8 Å². The van der Waals surface area contributed by atoms with Crippen LogP contribution >= 0.6 is 11.6 Å². The van der Waals surface area contributed by atoms with Crippen molar-refractivity contribution in [3.8, 4) is 11.7 Å². The van der Waals surface area contributed by atoms with Gasteiger partial charge < -0.3 is 28.7 Å². The summed E-state index contributed by atoms with van der Waals surface area (Å²) in [5.41, 5.74) is -2.96. The van der Waals surface area contributed by atoms with Crippen LogP contribution in [0.1, 0.15) is 97.3 Å². The Bertz CT molecular complexity index is 2220. The van der Waals surface area contributed by atoms with Crippen LogP contribution in [0.5, 0.6) is 5.88 Å². The number of anilines is 1. The van der Waals surface area contributed by atoms with Gasteiger partial charge in [0, 0.05) is 44.7 Å². The average molecular weight is 882 g/mol. The Balaban J connectivity index is 1.10. The number of hydrogen-bond acceptors (Lipinski definition) is 12. The fourth-order valence-electron chi connectivity index (χ4n) is 7.26. The molecule has 1 aliphatic carbocycles. The number of carbonyl (C=O) groups excluding carboxylic acids is 2. The minimum absolute atomic E-state index is 0.0706. The van der Waals surface area contributed by atoms with Crippen molar-refractivity contribution in [1.29, 1.82) is 0 Å². The van der Waals surface area contributed by atoms with Crippen LogP contribution in [0.3, 0.4) is 0 Å². The number of halogens is 4. The van der Waals surface area contributed by atoms with Crippen molar-refractivity contribution in [2.45, 2.75) is 115 Å². The van der Waals surface area contributed by atoms with Gasteiger partial charge in [-0.25, -0.2) is 24.2 Å². The first-order valence-corrected chi connectivity index (χ1v) is 21.5. The minimum atomic E-state index is -4.53. The van der Waals surface area contributed by atoms with E-state index >= 15 is 0 Å². The first-order valence-electron chi connectivity index (χ1n) is 19.6. The van der Waals surface area contributed by atoms with Crippen LogP contribution in [-0.2, 0) is 24.2 Å². The van der Waals surface area contributed by atoms with E-state index in [4.69, 9.17) is 30.5 Å². The Morgan fingerprint density at radius 1 is 1.07 bits per heavy atom. The van der Waals surface area contributed by atoms with Gasteiger partial charge in [0.15, 0.2) is 16.6 Å². The van der Waals surface area contributed by atoms with E-state index in [-0.39, 0.29) is 72.4 Å². The second kappa shape index (κ2) is 16.6. The fourth-order valence-corrected chi connectivity index (χ4v) is 8.43. The number of hydrogen-bond donors (Lipinski definition) is 1. The minimum Gasteiger partial charge on any atom is -0.477 e. The largest absolute Gasteiger partial charge is 0.477 e. The third-order valence-corrected chi connectivity index (χ3v) is 12.0. The Labute approximate surface area is 352 Å². The van der Waals surface area contributed by atoms with Gasteiger partial charge in [-0.05, 0) is 103 Å². The number of alkyl halides is 3. The maximum atomic E-state index is 13.6. The number of aromatic nitrogens is 4. The van der Waals surface area contributed by atoms with Crippen LogP contribution in [0.2, 0.25) is 5.15 Å². The molecule has 0 unspecified atom stereocenters.